The van der Waals surface area contributed by atoms with Crippen molar-refractivity contribution in [2.45, 2.75) is 32.0 Å². The number of hydrogen-bond acceptors (Lipinski definition) is 10. The molecule has 212 valence electrons. The van der Waals surface area contributed by atoms with E-state index in [-0.39, 0.29) is 24.0 Å². The van der Waals surface area contributed by atoms with Crippen LogP contribution in [0.15, 0.2) is 60.0 Å². The second kappa shape index (κ2) is 12.6. The summed E-state index contributed by atoms with van der Waals surface area (Å²) in [5, 5.41) is 6.69. The SMILES string of the molecule is O=C1NS(=O)(=O)/C=C\CCCCOc2ccc(cc2)CNc2nc(nc(OCC(F)(F)F)n2)Nc2ccc1cc2. The van der Waals surface area contributed by atoms with Crippen LogP contribution in [0.25, 0.3) is 0 Å². The van der Waals surface area contributed by atoms with E-state index in [1.54, 1.807) is 12.1 Å². The first-order valence-electron chi connectivity index (χ1n) is 12.1. The highest BCUT2D eigenvalue weighted by atomic mass is 32.2. The van der Waals surface area contributed by atoms with Crippen LogP contribution >= 0.6 is 0 Å². The van der Waals surface area contributed by atoms with Gasteiger partial charge in [-0.05, 0) is 61.2 Å². The van der Waals surface area contributed by atoms with Crippen LogP contribution in [0, 0.1) is 0 Å². The zero-order valence-electron chi connectivity index (χ0n) is 20.9. The molecule has 2 aromatic carbocycles. The number of anilines is 3. The van der Waals surface area contributed by atoms with E-state index in [1.165, 1.54) is 30.3 Å². The Kier molecular flexibility index (Phi) is 9.04. The molecular formula is C25H25F3N6O5S. The van der Waals surface area contributed by atoms with Crippen molar-refractivity contribution in [3.8, 4) is 11.8 Å². The van der Waals surface area contributed by atoms with Crippen LogP contribution in [0.2, 0.25) is 0 Å². The first-order chi connectivity index (χ1) is 19.0. The Morgan fingerprint density at radius 3 is 2.40 bits per heavy atom. The summed E-state index contributed by atoms with van der Waals surface area (Å²) in [6, 6.07) is 12.2. The fourth-order valence-corrected chi connectivity index (χ4v) is 4.23. The molecule has 7 rings (SSSR count). The number of benzene rings is 2. The molecule has 40 heavy (non-hydrogen) atoms. The molecule has 4 aliphatic heterocycles. The first-order valence-corrected chi connectivity index (χ1v) is 13.6. The fraction of sp³-hybridized carbons (Fsp3) is 0.280. The number of alkyl halides is 3. The predicted molar refractivity (Wildman–Crippen MR) is 140 cm³/mol. The van der Waals surface area contributed by atoms with E-state index in [1.807, 2.05) is 16.9 Å². The molecule has 5 heterocycles. The summed E-state index contributed by atoms with van der Waals surface area (Å²) in [5.74, 6) is -0.366. The highest BCUT2D eigenvalue weighted by Gasteiger charge is 2.29. The summed E-state index contributed by atoms with van der Waals surface area (Å²) in [5.41, 5.74) is 1.25. The second-order valence-corrected chi connectivity index (χ2v) is 10.1. The lowest BCUT2D eigenvalue weighted by Gasteiger charge is -2.12. The maximum atomic E-state index is 12.7. The largest absolute Gasteiger partial charge is 0.494 e. The van der Waals surface area contributed by atoms with Crippen LogP contribution in [-0.2, 0) is 16.6 Å². The van der Waals surface area contributed by atoms with Gasteiger partial charge in [0.2, 0.25) is 11.9 Å². The van der Waals surface area contributed by atoms with Gasteiger partial charge in [0.1, 0.15) is 5.75 Å². The van der Waals surface area contributed by atoms with Crippen molar-refractivity contribution in [3.63, 3.8) is 0 Å². The zero-order chi connectivity index (χ0) is 28.6. The molecule has 0 saturated heterocycles. The Morgan fingerprint density at radius 2 is 1.68 bits per heavy atom. The molecule has 3 aromatic rings. The standard InChI is InChI=1S/C25H25F3N6O5S/c26-25(27,28)16-39-24-32-22-29-15-17-5-11-20(12-6-17)38-13-3-1-2-4-14-40(36,37)34-21(35)18-7-9-19(10-8-18)30-23(31-22)33-24/h4-12,14H,1-3,13,15-16H2,(H,34,35)(H2,29,30,31,32,33)/b14-4-. The van der Waals surface area contributed by atoms with Gasteiger partial charge >= 0.3 is 12.2 Å². The van der Waals surface area contributed by atoms with E-state index < -0.39 is 34.7 Å². The molecule has 0 aliphatic carbocycles. The smallest absolute Gasteiger partial charge is 0.422 e. The summed E-state index contributed by atoms with van der Waals surface area (Å²) in [4.78, 5) is 24.4. The maximum Gasteiger partial charge on any atom is 0.422 e. The maximum absolute atomic E-state index is 12.7. The number of halogens is 3. The number of nitrogens with zero attached hydrogens (tertiary/aromatic N) is 3. The molecule has 0 fully saturated rings. The summed E-state index contributed by atoms with van der Waals surface area (Å²) in [6.07, 6.45) is -1.28. The Labute approximate surface area is 227 Å². The molecule has 11 nitrogen and oxygen atoms in total. The van der Waals surface area contributed by atoms with Gasteiger partial charge in [-0.25, -0.2) is 13.1 Å². The van der Waals surface area contributed by atoms with Crippen LogP contribution in [0.3, 0.4) is 0 Å². The minimum absolute atomic E-state index is 0.0429. The molecule has 0 atom stereocenters. The third kappa shape index (κ3) is 9.11. The van der Waals surface area contributed by atoms with Gasteiger partial charge in [0, 0.05) is 23.2 Å². The van der Waals surface area contributed by atoms with Crippen molar-refractivity contribution in [2.24, 2.45) is 0 Å². The van der Waals surface area contributed by atoms with Crippen LogP contribution in [0.5, 0.6) is 11.8 Å². The van der Waals surface area contributed by atoms with E-state index >= 15 is 0 Å². The van der Waals surface area contributed by atoms with Gasteiger partial charge < -0.3 is 20.1 Å². The molecule has 6 bridgehead atoms. The highest BCUT2D eigenvalue weighted by Crippen LogP contribution is 2.21. The molecule has 15 heteroatoms. The van der Waals surface area contributed by atoms with Crippen molar-refractivity contribution in [1.29, 1.82) is 0 Å². The summed E-state index contributed by atoms with van der Waals surface area (Å²) < 4.78 is 75.0. The lowest BCUT2D eigenvalue weighted by Crippen LogP contribution is -2.28. The van der Waals surface area contributed by atoms with Crippen molar-refractivity contribution >= 4 is 33.5 Å². The number of sulfonamides is 1. The monoisotopic (exact) mass is 578 g/mol. The summed E-state index contributed by atoms with van der Waals surface area (Å²) in [7, 11) is -4.00. The second-order valence-electron chi connectivity index (χ2n) is 8.56. The lowest BCUT2D eigenvalue weighted by molar-refractivity contribution is -0.154. The molecule has 1 amide bonds. The quantitative estimate of drug-likeness (QED) is 0.402. The Morgan fingerprint density at radius 1 is 0.950 bits per heavy atom. The Bertz CT molecular complexity index is 1450. The van der Waals surface area contributed by atoms with Gasteiger partial charge in [-0.1, -0.05) is 18.2 Å². The van der Waals surface area contributed by atoms with Crippen molar-refractivity contribution in [3.05, 3.63) is 71.1 Å². The van der Waals surface area contributed by atoms with E-state index in [2.05, 4.69) is 25.6 Å². The number of allylic oxidation sites excluding steroid dienone is 1. The number of carbonyl (C=O) groups is 1. The number of ether oxygens (including phenoxy) is 2. The summed E-state index contributed by atoms with van der Waals surface area (Å²) >= 11 is 0. The minimum atomic E-state index is -4.60. The lowest BCUT2D eigenvalue weighted by atomic mass is 10.2. The van der Waals surface area contributed by atoms with Crippen LogP contribution < -0.4 is 24.8 Å². The average molecular weight is 579 g/mol. The molecule has 1 aromatic heterocycles. The van der Waals surface area contributed by atoms with E-state index in [0.29, 0.717) is 37.3 Å². The first kappa shape index (κ1) is 28.6. The molecule has 0 unspecified atom stereocenters. The Hall–Kier alpha value is -4.40. The van der Waals surface area contributed by atoms with Gasteiger partial charge in [0.05, 0.1) is 6.61 Å². The van der Waals surface area contributed by atoms with Crippen molar-refractivity contribution < 1.29 is 35.9 Å². The highest BCUT2D eigenvalue weighted by molar-refractivity contribution is 7.92. The Balaban J connectivity index is 1.59. The molecule has 4 aliphatic rings. The van der Waals surface area contributed by atoms with Gasteiger partial charge in [-0.3, -0.25) is 4.79 Å². The number of nitrogens with one attached hydrogen (secondary N) is 3. The van der Waals surface area contributed by atoms with E-state index in [0.717, 1.165) is 11.0 Å². The topological polar surface area (TPSA) is 144 Å². The van der Waals surface area contributed by atoms with Crippen LogP contribution in [0.4, 0.5) is 30.8 Å². The van der Waals surface area contributed by atoms with Gasteiger partial charge in [0.25, 0.3) is 15.9 Å². The number of amides is 1. The number of rotatable bonds is 2. The normalized spacial score (nSPS) is 16.9. The number of aromatic nitrogens is 3. The van der Waals surface area contributed by atoms with E-state index in [4.69, 9.17) is 9.47 Å². The molecule has 0 saturated carbocycles. The molecule has 0 spiro atoms. The van der Waals surface area contributed by atoms with Crippen molar-refractivity contribution in [1.82, 2.24) is 19.7 Å². The van der Waals surface area contributed by atoms with Gasteiger partial charge in [-0.15, -0.1) is 0 Å². The van der Waals surface area contributed by atoms with Crippen LogP contribution in [0.1, 0.15) is 35.2 Å². The van der Waals surface area contributed by atoms with Gasteiger partial charge in [0.15, 0.2) is 6.61 Å². The zero-order valence-corrected chi connectivity index (χ0v) is 21.8. The predicted octanol–water partition coefficient (Wildman–Crippen LogP) is 4.30. The third-order valence-electron chi connectivity index (χ3n) is 5.30. The van der Waals surface area contributed by atoms with Crippen LogP contribution in [-0.4, -0.2) is 48.7 Å². The molecule has 3 N–H and O–H groups in total. The summed E-state index contributed by atoms with van der Waals surface area (Å²) in [6.45, 7) is -0.924. The van der Waals surface area contributed by atoms with Crippen molar-refractivity contribution in [2.75, 3.05) is 23.8 Å². The fourth-order valence-electron chi connectivity index (χ4n) is 3.39. The molecule has 0 radical (unpaired) electrons. The average Bonchev–Trinajstić information content (AvgIpc) is 2.90. The third-order valence-corrected chi connectivity index (χ3v) is 6.32. The van der Waals surface area contributed by atoms with E-state index in [9.17, 15) is 26.4 Å². The number of carbonyl (C=O) groups excluding carboxylic acids is 1. The van der Waals surface area contributed by atoms with Gasteiger partial charge in [-0.2, -0.15) is 28.1 Å². The number of hydrogen-bond donors (Lipinski definition) is 3. The minimum Gasteiger partial charge on any atom is -0.494 e. The molecular weight excluding hydrogens is 553 g/mol.